The van der Waals surface area contributed by atoms with Crippen LogP contribution in [0.3, 0.4) is 0 Å². The number of hydrogen-bond acceptors (Lipinski definition) is 4. The summed E-state index contributed by atoms with van der Waals surface area (Å²) in [6.45, 7) is 1.32. The molecule has 1 aliphatic heterocycles. The van der Waals surface area contributed by atoms with Gasteiger partial charge in [0.25, 0.3) is 0 Å². The molecule has 0 unspecified atom stereocenters. The molecule has 1 amide bonds. The van der Waals surface area contributed by atoms with Gasteiger partial charge in [-0.25, -0.2) is 0 Å². The Morgan fingerprint density at radius 3 is 2.80 bits per heavy atom. The summed E-state index contributed by atoms with van der Waals surface area (Å²) in [5.41, 5.74) is 1.78. The molecule has 3 rings (SSSR count). The van der Waals surface area contributed by atoms with Crippen LogP contribution in [0, 0.1) is 0 Å². The lowest BCUT2D eigenvalue weighted by atomic mass is 9.82. The van der Waals surface area contributed by atoms with Crippen LogP contribution < -0.4 is 5.32 Å². The van der Waals surface area contributed by atoms with Crippen LogP contribution in [0.2, 0.25) is 0 Å². The summed E-state index contributed by atoms with van der Waals surface area (Å²) in [6, 6.07) is 14.0. The number of benzene rings is 1. The van der Waals surface area contributed by atoms with Crippen molar-refractivity contribution in [1.29, 1.82) is 0 Å². The molecule has 2 heterocycles. The number of ether oxygens (including phenoxy) is 1. The van der Waals surface area contributed by atoms with E-state index >= 15 is 0 Å². The average Bonchev–Trinajstić information content (AvgIpc) is 2.63. The molecule has 0 aliphatic carbocycles. The first-order valence-corrected chi connectivity index (χ1v) is 10.3. The lowest BCUT2D eigenvalue weighted by Gasteiger charge is -2.38. The first kappa shape index (κ1) is 18.4. The summed E-state index contributed by atoms with van der Waals surface area (Å²) in [7, 11) is 0. The van der Waals surface area contributed by atoms with Crippen LogP contribution in [0.1, 0.15) is 24.1 Å². The molecule has 1 aromatic heterocycles. The Morgan fingerprint density at radius 1 is 1.24 bits per heavy atom. The Labute approximate surface area is 160 Å². The molecular weight excluding hydrogens is 400 g/mol. The maximum Gasteiger partial charge on any atom is 0.230 e. The van der Waals surface area contributed by atoms with Gasteiger partial charge in [0.2, 0.25) is 5.91 Å². The van der Waals surface area contributed by atoms with E-state index in [1.807, 2.05) is 30.3 Å². The third kappa shape index (κ3) is 5.06. The molecule has 1 N–H and O–H groups in total. The van der Waals surface area contributed by atoms with Crippen molar-refractivity contribution >= 4 is 33.6 Å². The van der Waals surface area contributed by atoms with Gasteiger partial charge in [-0.1, -0.05) is 34.1 Å². The Balaban J connectivity index is 1.63. The van der Waals surface area contributed by atoms with Gasteiger partial charge in [-0.2, -0.15) is 0 Å². The normalized spacial score (nSPS) is 16.4. The number of hydrogen-bond donors (Lipinski definition) is 1. The number of carbonyl (C=O) groups excluding carboxylic acids is 1. The number of nitrogens with zero attached hydrogens (tertiary/aromatic N) is 1. The highest BCUT2D eigenvalue weighted by atomic mass is 79.9. The fourth-order valence-electron chi connectivity index (χ4n) is 3.03. The van der Waals surface area contributed by atoms with Crippen molar-refractivity contribution in [2.75, 3.05) is 19.0 Å². The van der Waals surface area contributed by atoms with Crippen LogP contribution in [-0.2, 0) is 20.8 Å². The Hall–Kier alpha value is -1.37. The standard InChI is InChI=1S/C19H21BrN2O2S/c20-16-5-3-4-15(12-16)19(7-10-24-11-8-19)22-18(23)14-25-13-17-6-1-2-9-21-17/h1-6,9,12H,7-8,10-11,13-14H2,(H,22,23). The van der Waals surface area contributed by atoms with Crippen molar-refractivity contribution in [3.8, 4) is 0 Å². The summed E-state index contributed by atoms with van der Waals surface area (Å²) in [5, 5.41) is 3.28. The Morgan fingerprint density at radius 2 is 2.08 bits per heavy atom. The Bertz CT molecular complexity index is 706. The van der Waals surface area contributed by atoms with Crippen molar-refractivity contribution in [2.24, 2.45) is 0 Å². The topological polar surface area (TPSA) is 51.2 Å². The minimum atomic E-state index is -0.343. The van der Waals surface area contributed by atoms with Crippen LogP contribution in [0.25, 0.3) is 0 Å². The molecule has 4 nitrogen and oxygen atoms in total. The summed E-state index contributed by atoms with van der Waals surface area (Å²) >= 11 is 5.12. The van der Waals surface area contributed by atoms with Gasteiger partial charge in [0.15, 0.2) is 0 Å². The molecule has 0 spiro atoms. The quantitative estimate of drug-likeness (QED) is 0.769. The molecule has 0 atom stereocenters. The van der Waals surface area contributed by atoms with Gasteiger partial charge < -0.3 is 10.1 Å². The fraction of sp³-hybridized carbons (Fsp3) is 0.368. The number of aromatic nitrogens is 1. The summed E-state index contributed by atoms with van der Waals surface area (Å²) in [6.07, 6.45) is 3.36. The zero-order valence-corrected chi connectivity index (χ0v) is 16.3. The number of halogens is 1. The molecule has 2 aromatic rings. The maximum atomic E-state index is 12.6. The lowest BCUT2D eigenvalue weighted by Crippen LogP contribution is -2.50. The molecule has 1 aromatic carbocycles. The van der Waals surface area contributed by atoms with Gasteiger partial charge in [-0.3, -0.25) is 9.78 Å². The largest absolute Gasteiger partial charge is 0.381 e. The predicted octanol–water partition coefficient (Wildman–Crippen LogP) is 3.90. The van der Waals surface area contributed by atoms with E-state index in [1.54, 1.807) is 18.0 Å². The van der Waals surface area contributed by atoms with Crippen LogP contribution in [0.15, 0.2) is 53.1 Å². The zero-order chi connectivity index (χ0) is 17.5. The smallest absolute Gasteiger partial charge is 0.230 e. The first-order chi connectivity index (χ1) is 12.2. The SMILES string of the molecule is O=C(CSCc1ccccn1)NC1(c2cccc(Br)c2)CCOCC1. The number of amides is 1. The number of carbonyl (C=O) groups is 1. The van der Waals surface area contributed by atoms with E-state index in [1.165, 1.54) is 0 Å². The highest BCUT2D eigenvalue weighted by Crippen LogP contribution is 2.33. The van der Waals surface area contributed by atoms with E-state index in [0.717, 1.165) is 34.3 Å². The van der Waals surface area contributed by atoms with Crippen LogP contribution in [-0.4, -0.2) is 29.9 Å². The van der Waals surface area contributed by atoms with Gasteiger partial charge in [0.1, 0.15) is 0 Å². The molecule has 1 aliphatic rings. The van der Waals surface area contributed by atoms with Crippen molar-refractivity contribution in [2.45, 2.75) is 24.1 Å². The molecule has 0 radical (unpaired) electrons. The minimum Gasteiger partial charge on any atom is -0.381 e. The second-order valence-corrected chi connectivity index (χ2v) is 7.97. The van der Waals surface area contributed by atoms with Crippen molar-refractivity contribution < 1.29 is 9.53 Å². The minimum absolute atomic E-state index is 0.0582. The molecule has 0 bridgehead atoms. The van der Waals surface area contributed by atoms with E-state index in [2.05, 4.69) is 38.4 Å². The maximum absolute atomic E-state index is 12.6. The average molecular weight is 421 g/mol. The van der Waals surface area contributed by atoms with Crippen molar-refractivity contribution in [3.05, 3.63) is 64.4 Å². The Kier molecular flexibility index (Phi) is 6.51. The third-order valence-electron chi connectivity index (χ3n) is 4.31. The molecule has 25 heavy (non-hydrogen) atoms. The first-order valence-electron chi connectivity index (χ1n) is 8.30. The van der Waals surface area contributed by atoms with Gasteiger partial charge in [-0.15, -0.1) is 11.8 Å². The number of thioether (sulfide) groups is 1. The van der Waals surface area contributed by atoms with Gasteiger partial charge in [-0.05, 0) is 42.7 Å². The number of rotatable bonds is 6. The molecule has 132 valence electrons. The second kappa shape index (κ2) is 8.83. The van der Waals surface area contributed by atoms with Gasteiger partial charge in [0.05, 0.1) is 17.0 Å². The lowest BCUT2D eigenvalue weighted by molar-refractivity contribution is -0.121. The molecule has 1 saturated heterocycles. The van der Waals surface area contributed by atoms with Crippen LogP contribution >= 0.6 is 27.7 Å². The summed E-state index contributed by atoms with van der Waals surface area (Å²) in [5.74, 6) is 1.22. The van der Waals surface area contributed by atoms with Crippen molar-refractivity contribution in [1.82, 2.24) is 10.3 Å². The van der Waals surface area contributed by atoms with E-state index < -0.39 is 0 Å². The highest BCUT2D eigenvalue weighted by molar-refractivity contribution is 9.10. The van der Waals surface area contributed by atoms with Crippen LogP contribution in [0.4, 0.5) is 0 Å². The van der Waals surface area contributed by atoms with E-state index in [-0.39, 0.29) is 11.4 Å². The number of nitrogens with one attached hydrogen (secondary N) is 1. The van der Waals surface area contributed by atoms with Gasteiger partial charge in [0, 0.05) is 29.6 Å². The van der Waals surface area contributed by atoms with E-state index in [0.29, 0.717) is 19.0 Å². The molecule has 1 fully saturated rings. The second-order valence-electron chi connectivity index (χ2n) is 6.07. The zero-order valence-electron chi connectivity index (χ0n) is 13.9. The monoisotopic (exact) mass is 420 g/mol. The van der Waals surface area contributed by atoms with E-state index in [9.17, 15) is 4.79 Å². The van der Waals surface area contributed by atoms with Crippen LogP contribution in [0.5, 0.6) is 0 Å². The van der Waals surface area contributed by atoms with Crippen molar-refractivity contribution in [3.63, 3.8) is 0 Å². The molecular formula is C19H21BrN2O2S. The third-order valence-corrected chi connectivity index (χ3v) is 5.77. The summed E-state index contributed by atoms with van der Waals surface area (Å²) in [4.78, 5) is 16.8. The van der Waals surface area contributed by atoms with E-state index in [4.69, 9.17) is 4.74 Å². The fourth-order valence-corrected chi connectivity index (χ4v) is 4.17. The molecule has 6 heteroatoms. The summed E-state index contributed by atoms with van der Waals surface area (Å²) < 4.78 is 6.54. The highest BCUT2D eigenvalue weighted by Gasteiger charge is 2.35. The van der Waals surface area contributed by atoms with Gasteiger partial charge >= 0.3 is 0 Å². The molecule has 0 saturated carbocycles. The number of pyridine rings is 1. The predicted molar refractivity (Wildman–Crippen MR) is 104 cm³/mol.